The molecule has 2 heterocycles. The molecular weight excluding hydrogens is 498 g/mol. The van der Waals surface area contributed by atoms with Crippen molar-refractivity contribution < 1.29 is 5.11 Å². The average Bonchev–Trinajstić information content (AvgIpc) is 3.06. The number of aromatic amines is 1. The van der Waals surface area contributed by atoms with Gasteiger partial charge in [-0.3, -0.25) is 19.5 Å². The monoisotopic (exact) mass is 521 g/mol. The summed E-state index contributed by atoms with van der Waals surface area (Å²) in [7, 11) is 0. The number of aryl methyl sites for hydroxylation is 1. The van der Waals surface area contributed by atoms with Crippen molar-refractivity contribution in [2.24, 2.45) is 4.99 Å². The van der Waals surface area contributed by atoms with Crippen molar-refractivity contribution in [3.63, 3.8) is 0 Å². The van der Waals surface area contributed by atoms with Crippen molar-refractivity contribution in [1.29, 1.82) is 0 Å². The zero-order valence-electron chi connectivity index (χ0n) is 19.3. The second-order valence-corrected chi connectivity index (χ2v) is 8.92. The second-order valence-electron chi connectivity index (χ2n) is 8.07. The molecule has 0 bridgehead atoms. The van der Waals surface area contributed by atoms with Gasteiger partial charge in [-0.2, -0.15) is 5.10 Å². The summed E-state index contributed by atoms with van der Waals surface area (Å²) in [5, 5.41) is 15.5. The van der Waals surface area contributed by atoms with Crippen molar-refractivity contribution in [2.75, 3.05) is 0 Å². The number of aliphatic imine (C=N–C) groups is 1. The third-order valence-electron chi connectivity index (χ3n) is 5.90. The van der Waals surface area contributed by atoms with E-state index in [0.717, 1.165) is 31.4 Å². The number of rotatable bonds is 5. The van der Waals surface area contributed by atoms with Crippen LogP contribution in [0.1, 0.15) is 33.6 Å². The fourth-order valence-corrected chi connectivity index (χ4v) is 4.24. The number of halogens is 1. The van der Waals surface area contributed by atoms with E-state index in [1.807, 2.05) is 62.7 Å². The van der Waals surface area contributed by atoms with Crippen molar-refractivity contribution in [2.45, 2.75) is 34.2 Å². The molecule has 0 fully saturated rings. The predicted octanol–water partition coefficient (Wildman–Crippen LogP) is 4.22. The summed E-state index contributed by atoms with van der Waals surface area (Å²) in [5.41, 5.74) is 3.82. The number of nitrogens with one attached hydrogen (secondary N) is 1. The van der Waals surface area contributed by atoms with Crippen LogP contribution in [0.4, 0.5) is 5.69 Å². The lowest BCUT2D eigenvalue weighted by atomic mass is 10.1. The van der Waals surface area contributed by atoms with E-state index in [2.05, 4.69) is 31.0 Å². The van der Waals surface area contributed by atoms with Gasteiger partial charge in [-0.1, -0.05) is 46.3 Å². The maximum absolute atomic E-state index is 12.6. The van der Waals surface area contributed by atoms with Crippen LogP contribution in [0.25, 0.3) is 5.69 Å². The van der Waals surface area contributed by atoms with Crippen LogP contribution in [0.15, 0.2) is 61.5 Å². The van der Waals surface area contributed by atoms with E-state index in [1.54, 1.807) is 12.1 Å². The molecule has 0 aliphatic rings. The highest BCUT2D eigenvalue weighted by Crippen LogP contribution is 2.27. The minimum absolute atomic E-state index is 0.116. The number of aromatic hydroxyl groups is 1. The molecule has 34 heavy (non-hydrogen) atoms. The average molecular weight is 522 g/mol. The Balaban J connectivity index is 1.77. The van der Waals surface area contributed by atoms with Crippen LogP contribution in [-0.4, -0.2) is 30.7 Å². The summed E-state index contributed by atoms with van der Waals surface area (Å²) in [5.74, 6) is -0.477. The molecular formula is C25H24BrN5O3. The lowest BCUT2D eigenvalue weighted by Gasteiger charge is -2.14. The maximum Gasteiger partial charge on any atom is 0.335 e. The van der Waals surface area contributed by atoms with Gasteiger partial charge in [0.25, 0.3) is 5.56 Å². The largest absolute Gasteiger partial charge is 0.493 e. The molecule has 0 aliphatic heterocycles. The highest BCUT2D eigenvalue weighted by atomic mass is 79.9. The zero-order valence-corrected chi connectivity index (χ0v) is 20.8. The first-order chi connectivity index (χ1) is 16.2. The highest BCUT2D eigenvalue weighted by Gasteiger charge is 2.18. The first-order valence-electron chi connectivity index (χ1n) is 10.7. The molecule has 0 atom stereocenters. The lowest BCUT2D eigenvalue weighted by molar-refractivity contribution is 0.430. The predicted molar refractivity (Wildman–Crippen MR) is 136 cm³/mol. The molecule has 0 unspecified atom stereocenters. The van der Waals surface area contributed by atoms with Crippen LogP contribution >= 0.6 is 15.9 Å². The molecule has 8 nitrogen and oxygen atoms in total. The first kappa shape index (κ1) is 23.4. The van der Waals surface area contributed by atoms with Gasteiger partial charge in [0, 0.05) is 10.7 Å². The van der Waals surface area contributed by atoms with E-state index in [4.69, 9.17) is 0 Å². The molecule has 4 aromatic rings. The summed E-state index contributed by atoms with van der Waals surface area (Å²) in [4.78, 5) is 31.9. The lowest BCUT2D eigenvalue weighted by Crippen LogP contribution is -2.31. The topological polar surface area (TPSA) is 105 Å². The van der Waals surface area contributed by atoms with Crippen LogP contribution in [0.2, 0.25) is 0 Å². The van der Waals surface area contributed by atoms with Gasteiger partial charge in [0.05, 0.1) is 23.6 Å². The van der Waals surface area contributed by atoms with Crippen molar-refractivity contribution in [3.05, 3.63) is 101 Å². The smallest absolute Gasteiger partial charge is 0.335 e. The summed E-state index contributed by atoms with van der Waals surface area (Å²) in [6.45, 7) is 8.06. The molecule has 2 aromatic carbocycles. The van der Waals surface area contributed by atoms with Gasteiger partial charge < -0.3 is 5.11 Å². The van der Waals surface area contributed by atoms with Crippen LogP contribution < -0.4 is 11.2 Å². The molecule has 2 N–H and O–H groups in total. The molecule has 174 valence electrons. The number of nitrogens with zero attached hydrogens (tertiary/aromatic N) is 4. The standard InChI is InChI=1S/C25H24BrN5O3/c1-14-15(2)21(11-10-20(14)26)31-24(33)19(23(32)28-25(31)34)12-27-22-16(3)29-30(17(22)4)13-18-8-6-5-7-9-18/h5-12,33H,13H2,1-4H3,(H,28,32,34). The van der Waals surface area contributed by atoms with Crippen molar-refractivity contribution >= 4 is 27.8 Å². The number of aromatic nitrogens is 4. The molecule has 0 amide bonds. The van der Waals surface area contributed by atoms with E-state index < -0.39 is 17.1 Å². The Morgan fingerprint density at radius 1 is 1.06 bits per heavy atom. The summed E-state index contributed by atoms with van der Waals surface area (Å²) in [6, 6.07) is 13.4. The summed E-state index contributed by atoms with van der Waals surface area (Å²) >= 11 is 3.47. The van der Waals surface area contributed by atoms with Gasteiger partial charge in [0.2, 0.25) is 5.88 Å². The number of H-pyrrole nitrogens is 1. The van der Waals surface area contributed by atoms with Gasteiger partial charge in [0.15, 0.2) is 0 Å². The Kier molecular flexibility index (Phi) is 6.39. The zero-order chi connectivity index (χ0) is 24.6. The Morgan fingerprint density at radius 3 is 2.47 bits per heavy atom. The van der Waals surface area contributed by atoms with E-state index in [1.165, 1.54) is 6.21 Å². The van der Waals surface area contributed by atoms with Gasteiger partial charge in [-0.05, 0) is 56.5 Å². The fourth-order valence-electron chi connectivity index (χ4n) is 3.81. The molecule has 0 spiro atoms. The third-order valence-corrected chi connectivity index (χ3v) is 6.75. The van der Waals surface area contributed by atoms with Gasteiger partial charge in [-0.15, -0.1) is 0 Å². The number of hydrogen-bond acceptors (Lipinski definition) is 5. The highest BCUT2D eigenvalue weighted by molar-refractivity contribution is 9.10. The molecule has 9 heteroatoms. The molecule has 4 rings (SSSR count). The van der Waals surface area contributed by atoms with E-state index in [0.29, 0.717) is 23.6 Å². The Labute approximate surface area is 204 Å². The molecule has 0 radical (unpaired) electrons. The number of hydrogen-bond donors (Lipinski definition) is 2. The van der Waals surface area contributed by atoms with Gasteiger partial charge in [0.1, 0.15) is 11.3 Å². The first-order valence-corrected chi connectivity index (χ1v) is 11.4. The molecule has 0 aliphatic carbocycles. The van der Waals surface area contributed by atoms with E-state index in [-0.39, 0.29) is 5.56 Å². The van der Waals surface area contributed by atoms with Crippen molar-refractivity contribution in [3.8, 4) is 11.6 Å². The summed E-state index contributed by atoms with van der Waals surface area (Å²) < 4.78 is 3.80. The SMILES string of the molecule is Cc1nn(Cc2ccccc2)c(C)c1N=Cc1c(O)n(-c2ccc(Br)c(C)c2C)c(=O)[nH]c1=O. The normalized spacial score (nSPS) is 11.4. The van der Waals surface area contributed by atoms with E-state index in [9.17, 15) is 14.7 Å². The van der Waals surface area contributed by atoms with E-state index >= 15 is 0 Å². The third kappa shape index (κ3) is 4.26. The molecule has 0 saturated carbocycles. The molecule has 2 aromatic heterocycles. The second kappa shape index (κ2) is 9.26. The van der Waals surface area contributed by atoms with Crippen LogP contribution in [0.5, 0.6) is 5.88 Å². The Morgan fingerprint density at radius 2 is 1.76 bits per heavy atom. The fraction of sp³-hybridized carbons (Fsp3) is 0.200. The van der Waals surface area contributed by atoms with Gasteiger partial charge in [-0.25, -0.2) is 9.36 Å². The Bertz CT molecular complexity index is 1530. The van der Waals surface area contributed by atoms with Gasteiger partial charge >= 0.3 is 5.69 Å². The Hall–Kier alpha value is -3.72. The minimum Gasteiger partial charge on any atom is -0.493 e. The number of benzene rings is 2. The van der Waals surface area contributed by atoms with Crippen LogP contribution in [0, 0.1) is 27.7 Å². The van der Waals surface area contributed by atoms with Crippen LogP contribution in [-0.2, 0) is 6.54 Å². The summed E-state index contributed by atoms with van der Waals surface area (Å²) in [6.07, 6.45) is 1.27. The van der Waals surface area contributed by atoms with Crippen molar-refractivity contribution in [1.82, 2.24) is 19.3 Å². The van der Waals surface area contributed by atoms with Crippen LogP contribution in [0.3, 0.4) is 0 Å². The molecule has 0 saturated heterocycles. The minimum atomic E-state index is -0.729. The maximum atomic E-state index is 12.6. The quantitative estimate of drug-likeness (QED) is 0.383.